The van der Waals surface area contributed by atoms with Crippen LogP contribution in [-0.2, 0) is 28.6 Å². The van der Waals surface area contributed by atoms with Crippen LogP contribution in [0, 0.1) is 0 Å². The molecule has 0 spiro atoms. The molecule has 0 aliphatic heterocycles. The van der Waals surface area contributed by atoms with E-state index in [1.807, 2.05) is 0 Å². The highest BCUT2D eigenvalue weighted by atomic mass is 16.6. The lowest BCUT2D eigenvalue weighted by molar-refractivity contribution is -0.167. The molecule has 0 bridgehead atoms. The first-order valence-corrected chi connectivity index (χ1v) is 22.3. The SMILES string of the molecule is CCCC/C=C\CCCCCCC(=O)OCC(COC(=O)CCCCCCCCCCCCCCCC)OC(=O)CCCCCC/C=C\CCCC. The molecule has 0 aromatic carbocycles. The van der Waals surface area contributed by atoms with Crippen LogP contribution in [0.4, 0.5) is 0 Å². The molecule has 0 radical (unpaired) electrons. The van der Waals surface area contributed by atoms with Gasteiger partial charge in [-0.3, -0.25) is 14.4 Å². The summed E-state index contributed by atoms with van der Waals surface area (Å²) in [5.41, 5.74) is 0. The number of hydrogen-bond donors (Lipinski definition) is 0. The molecule has 0 aliphatic carbocycles. The van der Waals surface area contributed by atoms with Crippen LogP contribution in [0.15, 0.2) is 24.3 Å². The molecule has 6 nitrogen and oxygen atoms in total. The Hall–Kier alpha value is -2.11. The zero-order chi connectivity index (χ0) is 38.0. The Morgan fingerprint density at radius 1 is 0.365 bits per heavy atom. The van der Waals surface area contributed by atoms with Crippen molar-refractivity contribution in [3.05, 3.63) is 24.3 Å². The maximum absolute atomic E-state index is 12.6. The van der Waals surface area contributed by atoms with Gasteiger partial charge in [0.1, 0.15) is 13.2 Å². The van der Waals surface area contributed by atoms with Crippen molar-refractivity contribution in [3.8, 4) is 0 Å². The third kappa shape index (κ3) is 39.1. The standard InChI is InChI=1S/C46H84O6/c1-4-7-10-13-16-19-22-23-24-25-28-30-33-36-39-45(48)51-42-43(52-46(49)40-37-34-31-27-21-18-15-12-9-6-3)41-50-44(47)38-35-32-29-26-20-17-14-11-8-5-2/h14-15,17-18,43H,4-13,16,19-42H2,1-3H3/b17-14-,18-15-. The first kappa shape index (κ1) is 49.9. The molecule has 0 saturated heterocycles. The van der Waals surface area contributed by atoms with Crippen LogP contribution >= 0.6 is 0 Å². The molecule has 0 N–H and O–H groups in total. The van der Waals surface area contributed by atoms with E-state index in [4.69, 9.17) is 14.2 Å². The molecule has 0 heterocycles. The van der Waals surface area contributed by atoms with Crippen LogP contribution in [0.3, 0.4) is 0 Å². The molecule has 1 atom stereocenters. The summed E-state index contributed by atoms with van der Waals surface area (Å²) in [6, 6.07) is 0. The zero-order valence-corrected chi connectivity index (χ0v) is 34.6. The molecule has 6 heteroatoms. The second kappa shape index (κ2) is 41.6. The third-order valence-electron chi connectivity index (χ3n) is 9.68. The van der Waals surface area contributed by atoms with Gasteiger partial charge in [-0.25, -0.2) is 0 Å². The fraction of sp³-hybridized carbons (Fsp3) is 0.848. The maximum atomic E-state index is 12.6. The quantitative estimate of drug-likeness (QED) is 0.0270. The van der Waals surface area contributed by atoms with E-state index < -0.39 is 6.10 Å². The fourth-order valence-electron chi connectivity index (χ4n) is 6.23. The van der Waals surface area contributed by atoms with Gasteiger partial charge in [-0.2, -0.15) is 0 Å². The Morgan fingerprint density at radius 3 is 1.02 bits per heavy atom. The lowest BCUT2D eigenvalue weighted by atomic mass is 10.0. The van der Waals surface area contributed by atoms with Crippen LogP contribution in [0.5, 0.6) is 0 Å². The van der Waals surface area contributed by atoms with Crippen molar-refractivity contribution in [2.24, 2.45) is 0 Å². The molecule has 0 saturated carbocycles. The molecule has 0 aromatic rings. The van der Waals surface area contributed by atoms with E-state index in [0.717, 1.165) is 96.3 Å². The molecule has 0 fully saturated rings. The normalized spacial score (nSPS) is 12.1. The van der Waals surface area contributed by atoms with E-state index in [1.54, 1.807) is 0 Å². The van der Waals surface area contributed by atoms with E-state index in [0.29, 0.717) is 19.3 Å². The Morgan fingerprint density at radius 2 is 0.654 bits per heavy atom. The molecular formula is C46H84O6. The predicted molar refractivity (Wildman–Crippen MR) is 219 cm³/mol. The second-order valence-electron chi connectivity index (χ2n) is 15.0. The Bertz CT molecular complexity index is 850. The van der Waals surface area contributed by atoms with Gasteiger partial charge >= 0.3 is 17.9 Å². The Labute approximate surface area is 322 Å². The molecule has 1 unspecified atom stereocenters. The van der Waals surface area contributed by atoms with Crippen molar-refractivity contribution >= 4 is 17.9 Å². The summed E-state index contributed by atoms with van der Waals surface area (Å²) in [4.78, 5) is 37.6. The predicted octanol–water partition coefficient (Wildman–Crippen LogP) is 14.0. The van der Waals surface area contributed by atoms with Crippen molar-refractivity contribution in [1.82, 2.24) is 0 Å². The summed E-state index contributed by atoms with van der Waals surface area (Å²) in [7, 11) is 0. The van der Waals surface area contributed by atoms with Crippen molar-refractivity contribution in [2.45, 2.75) is 239 Å². The third-order valence-corrected chi connectivity index (χ3v) is 9.68. The topological polar surface area (TPSA) is 78.9 Å². The number of rotatable bonds is 40. The van der Waals surface area contributed by atoms with Crippen LogP contribution < -0.4 is 0 Å². The summed E-state index contributed by atoms with van der Waals surface area (Å²) >= 11 is 0. The lowest BCUT2D eigenvalue weighted by Crippen LogP contribution is -2.30. The minimum Gasteiger partial charge on any atom is -0.462 e. The largest absolute Gasteiger partial charge is 0.462 e. The van der Waals surface area contributed by atoms with Crippen molar-refractivity contribution < 1.29 is 28.6 Å². The van der Waals surface area contributed by atoms with Crippen LogP contribution in [0.25, 0.3) is 0 Å². The van der Waals surface area contributed by atoms with E-state index in [1.165, 1.54) is 96.3 Å². The molecule has 0 amide bonds. The minimum atomic E-state index is -0.774. The summed E-state index contributed by atoms with van der Waals surface area (Å²) in [5.74, 6) is -0.902. The summed E-state index contributed by atoms with van der Waals surface area (Å²) < 4.78 is 16.6. The Balaban J connectivity index is 4.34. The molecule has 0 aromatic heterocycles. The number of esters is 3. The highest BCUT2D eigenvalue weighted by Gasteiger charge is 2.19. The van der Waals surface area contributed by atoms with Crippen molar-refractivity contribution in [3.63, 3.8) is 0 Å². The number of ether oxygens (including phenoxy) is 3. The number of carbonyl (C=O) groups excluding carboxylic acids is 3. The van der Waals surface area contributed by atoms with Gasteiger partial charge in [-0.05, 0) is 57.8 Å². The lowest BCUT2D eigenvalue weighted by Gasteiger charge is -2.18. The molecule has 0 rings (SSSR count). The molecule has 0 aliphatic rings. The molecule has 304 valence electrons. The van der Waals surface area contributed by atoms with Gasteiger partial charge in [-0.15, -0.1) is 0 Å². The van der Waals surface area contributed by atoms with Crippen LogP contribution in [0.2, 0.25) is 0 Å². The smallest absolute Gasteiger partial charge is 0.306 e. The number of hydrogen-bond acceptors (Lipinski definition) is 6. The van der Waals surface area contributed by atoms with Gasteiger partial charge in [0.2, 0.25) is 0 Å². The second-order valence-corrected chi connectivity index (χ2v) is 15.0. The van der Waals surface area contributed by atoms with Gasteiger partial charge in [0, 0.05) is 19.3 Å². The number of carbonyl (C=O) groups is 3. The maximum Gasteiger partial charge on any atom is 0.306 e. The van der Waals surface area contributed by atoms with Gasteiger partial charge in [0.25, 0.3) is 0 Å². The van der Waals surface area contributed by atoms with E-state index in [2.05, 4.69) is 45.1 Å². The van der Waals surface area contributed by atoms with E-state index in [9.17, 15) is 14.4 Å². The first-order chi connectivity index (χ1) is 25.5. The average Bonchev–Trinajstić information content (AvgIpc) is 3.14. The highest BCUT2D eigenvalue weighted by molar-refractivity contribution is 5.71. The monoisotopic (exact) mass is 733 g/mol. The highest BCUT2D eigenvalue weighted by Crippen LogP contribution is 2.15. The molecule has 52 heavy (non-hydrogen) atoms. The zero-order valence-electron chi connectivity index (χ0n) is 34.6. The summed E-state index contributed by atoms with van der Waals surface area (Å²) in [6.07, 6.45) is 44.5. The fourth-order valence-corrected chi connectivity index (χ4v) is 6.23. The number of allylic oxidation sites excluding steroid dienone is 4. The summed E-state index contributed by atoms with van der Waals surface area (Å²) in [5, 5.41) is 0. The molecular weight excluding hydrogens is 648 g/mol. The van der Waals surface area contributed by atoms with E-state index >= 15 is 0 Å². The number of unbranched alkanes of at least 4 members (excludes halogenated alkanes) is 25. The first-order valence-electron chi connectivity index (χ1n) is 22.3. The average molecular weight is 733 g/mol. The van der Waals surface area contributed by atoms with Crippen LogP contribution in [0.1, 0.15) is 233 Å². The van der Waals surface area contributed by atoms with Gasteiger partial charge in [-0.1, -0.05) is 180 Å². The van der Waals surface area contributed by atoms with Crippen molar-refractivity contribution in [2.75, 3.05) is 13.2 Å². The Kier molecular flexibility index (Phi) is 40.0. The van der Waals surface area contributed by atoms with Gasteiger partial charge in [0.15, 0.2) is 6.10 Å². The summed E-state index contributed by atoms with van der Waals surface area (Å²) in [6.45, 7) is 6.53. The van der Waals surface area contributed by atoms with E-state index in [-0.39, 0.29) is 31.1 Å². The van der Waals surface area contributed by atoms with Gasteiger partial charge < -0.3 is 14.2 Å². The van der Waals surface area contributed by atoms with Crippen molar-refractivity contribution in [1.29, 1.82) is 0 Å². The minimum absolute atomic E-state index is 0.0768. The van der Waals surface area contributed by atoms with Gasteiger partial charge in [0.05, 0.1) is 0 Å². The van der Waals surface area contributed by atoms with Crippen LogP contribution in [-0.4, -0.2) is 37.2 Å².